The summed E-state index contributed by atoms with van der Waals surface area (Å²) in [7, 11) is 0. The summed E-state index contributed by atoms with van der Waals surface area (Å²) in [6, 6.07) is 6.04. The maximum Gasteiger partial charge on any atom is 0.187 e. The molecule has 0 amide bonds. The molecule has 5 nitrogen and oxygen atoms in total. The zero-order valence-corrected chi connectivity index (χ0v) is 14.7. The van der Waals surface area contributed by atoms with Crippen molar-refractivity contribution >= 4 is 23.0 Å². The van der Waals surface area contributed by atoms with E-state index in [9.17, 15) is 0 Å². The zero-order valence-electron chi connectivity index (χ0n) is 13.9. The van der Waals surface area contributed by atoms with Crippen molar-refractivity contribution in [3.63, 3.8) is 0 Å². The summed E-state index contributed by atoms with van der Waals surface area (Å²) in [5, 5.41) is 7.87. The fourth-order valence-electron chi connectivity index (χ4n) is 1.77. The molecule has 0 heterocycles. The number of hydrazone groups is 1. The first-order chi connectivity index (χ1) is 10.5. The monoisotopic (exact) mass is 323 g/mol. The second-order valence-corrected chi connectivity index (χ2v) is 5.37. The van der Waals surface area contributed by atoms with Crippen LogP contribution in [0.1, 0.15) is 40.2 Å². The first-order valence-corrected chi connectivity index (χ1v) is 7.89. The molecule has 0 spiro atoms. The van der Waals surface area contributed by atoms with Gasteiger partial charge in [-0.15, -0.1) is 0 Å². The van der Waals surface area contributed by atoms with Gasteiger partial charge in [0.25, 0.3) is 0 Å². The van der Waals surface area contributed by atoms with Gasteiger partial charge in [0.2, 0.25) is 0 Å². The van der Waals surface area contributed by atoms with Crippen LogP contribution in [0.25, 0.3) is 0 Å². The quantitative estimate of drug-likeness (QED) is 0.459. The van der Waals surface area contributed by atoms with Crippen LogP contribution in [-0.4, -0.2) is 30.1 Å². The largest absolute Gasteiger partial charge is 0.490 e. The maximum absolute atomic E-state index is 5.62. The highest BCUT2D eigenvalue weighted by molar-refractivity contribution is 7.80. The highest BCUT2D eigenvalue weighted by atomic mass is 32.1. The van der Waals surface area contributed by atoms with Crippen LogP contribution >= 0.6 is 12.2 Å². The number of nitrogens with one attached hydrogen (secondary N) is 2. The molecule has 6 heteroatoms. The second-order valence-electron chi connectivity index (χ2n) is 4.96. The van der Waals surface area contributed by atoms with E-state index in [1.165, 1.54) is 0 Å². The van der Waals surface area contributed by atoms with Gasteiger partial charge in [0.15, 0.2) is 16.6 Å². The Morgan fingerprint density at radius 3 is 2.41 bits per heavy atom. The third kappa shape index (κ3) is 5.89. The van der Waals surface area contributed by atoms with Gasteiger partial charge in [-0.3, -0.25) is 5.43 Å². The van der Waals surface area contributed by atoms with Crippen LogP contribution in [0, 0.1) is 0 Å². The number of nitrogens with zero attached hydrogens (tertiary/aromatic N) is 1. The third-order valence-electron chi connectivity index (χ3n) is 2.71. The summed E-state index contributed by atoms with van der Waals surface area (Å²) < 4.78 is 11.2. The van der Waals surface area contributed by atoms with Crippen LogP contribution in [0.15, 0.2) is 23.3 Å². The van der Waals surface area contributed by atoms with E-state index in [0.717, 1.165) is 22.8 Å². The molecule has 0 atom stereocenters. The fraction of sp³-hybridized carbons (Fsp3) is 0.500. The Morgan fingerprint density at radius 2 is 1.82 bits per heavy atom. The molecule has 0 aliphatic heterocycles. The van der Waals surface area contributed by atoms with Crippen molar-refractivity contribution in [2.75, 3.05) is 13.2 Å². The molecule has 0 aliphatic rings. The number of ether oxygens (including phenoxy) is 2. The van der Waals surface area contributed by atoms with Crippen LogP contribution < -0.4 is 20.2 Å². The Balaban J connectivity index is 2.86. The minimum absolute atomic E-state index is 0.269. The molecule has 0 aromatic heterocycles. The lowest BCUT2D eigenvalue weighted by Crippen LogP contribution is -2.37. The molecule has 0 fully saturated rings. The van der Waals surface area contributed by atoms with E-state index in [-0.39, 0.29) is 6.04 Å². The van der Waals surface area contributed by atoms with Gasteiger partial charge >= 0.3 is 0 Å². The molecular formula is C16H25N3O2S. The molecule has 0 saturated carbocycles. The summed E-state index contributed by atoms with van der Waals surface area (Å²) in [5.41, 5.74) is 4.61. The lowest BCUT2D eigenvalue weighted by atomic mass is 10.1. The third-order valence-corrected chi connectivity index (χ3v) is 2.92. The summed E-state index contributed by atoms with van der Waals surface area (Å²) in [4.78, 5) is 0. The van der Waals surface area contributed by atoms with Gasteiger partial charge in [-0.25, -0.2) is 0 Å². The lowest BCUT2D eigenvalue weighted by Gasteiger charge is -2.13. The number of hydrogen-bond acceptors (Lipinski definition) is 4. The summed E-state index contributed by atoms with van der Waals surface area (Å²) in [5.74, 6) is 1.46. The molecule has 0 radical (unpaired) electrons. The standard InChI is InChI=1S/C16H25N3O2S/c1-6-20-14-9-8-13(10-15(14)21-7-2)12(5)18-19-16(22)17-11(3)4/h8-11H,6-7H2,1-5H3,(H2,17,19,22)/b18-12-. The van der Waals surface area contributed by atoms with Crippen molar-refractivity contribution in [2.45, 2.75) is 40.7 Å². The first kappa shape index (κ1) is 18.2. The predicted octanol–water partition coefficient (Wildman–Crippen LogP) is 3.08. The molecular weight excluding hydrogens is 298 g/mol. The number of thiocarbonyl (C=S) groups is 1. The Hall–Kier alpha value is -1.82. The summed E-state index contributed by atoms with van der Waals surface area (Å²) in [6.45, 7) is 11.0. The minimum Gasteiger partial charge on any atom is -0.490 e. The van der Waals surface area contributed by atoms with E-state index < -0.39 is 0 Å². The molecule has 1 rings (SSSR count). The van der Waals surface area contributed by atoms with Crippen molar-refractivity contribution in [3.8, 4) is 11.5 Å². The number of hydrogen-bond donors (Lipinski definition) is 2. The van der Waals surface area contributed by atoms with E-state index >= 15 is 0 Å². The smallest absolute Gasteiger partial charge is 0.187 e. The van der Waals surface area contributed by atoms with E-state index in [1.807, 2.05) is 52.8 Å². The molecule has 0 aliphatic carbocycles. The SMILES string of the molecule is CCOc1ccc(/C(C)=N\NC(=S)NC(C)C)cc1OCC. The zero-order chi connectivity index (χ0) is 16.5. The normalized spacial score (nSPS) is 11.3. The Bertz CT molecular complexity index is 530. The molecule has 2 N–H and O–H groups in total. The Kier molecular flexibility index (Phi) is 7.66. The first-order valence-electron chi connectivity index (χ1n) is 7.48. The molecule has 0 bridgehead atoms. The Morgan fingerprint density at radius 1 is 1.18 bits per heavy atom. The van der Waals surface area contributed by atoms with Gasteiger partial charge < -0.3 is 14.8 Å². The van der Waals surface area contributed by atoms with Crippen LogP contribution in [0.5, 0.6) is 11.5 Å². The topological polar surface area (TPSA) is 54.9 Å². The van der Waals surface area contributed by atoms with Gasteiger partial charge in [-0.05, 0) is 65.0 Å². The van der Waals surface area contributed by atoms with E-state index in [0.29, 0.717) is 18.3 Å². The predicted molar refractivity (Wildman–Crippen MR) is 95.0 cm³/mol. The van der Waals surface area contributed by atoms with Crippen LogP contribution in [0.4, 0.5) is 0 Å². The van der Waals surface area contributed by atoms with E-state index in [1.54, 1.807) is 0 Å². The molecule has 22 heavy (non-hydrogen) atoms. The molecule has 1 aromatic rings. The van der Waals surface area contributed by atoms with Gasteiger partial charge in [0.1, 0.15) is 0 Å². The van der Waals surface area contributed by atoms with Gasteiger partial charge in [-0.1, -0.05) is 0 Å². The van der Waals surface area contributed by atoms with Crippen LogP contribution in [0.3, 0.4) is 0 Å². The Labute approximate surface area is 138 Å². The fourth-order valence-corrected chi connectivity index (χ4v) is 2.05. The van der Waals surface area contributed by atoms with Crippen molar-refractivity contribution in [1.29, 1.82) is 0 Å². The average Bonchev–Trinajstić information content (AvgIpc) is 2.46. The van der Waals surface area contributed by atoms with Crippen molar-refractivity contribution in [3.05, 3.63) is 23.8 Å². The summed E-state index contributed by atoms with van der Waals surface area (Å²) in [6.07, 6.45) is 0. The molecule has 0 unspecified atom stereocenters. The van der Waals surface area contributed by atoms with Gasteiger partial charge in [-0.2, -0.15) is 5.10 Å². The molecule has 1 aromatic carbocycles. The molecule has 0 saturated heterocycles. The number of benzene rings is 1. The van der Waals surface area contributed by atoms with Crippen LogP contribution in [0.2, 0.25) is 0 Å². The van der Waals surface area contributed by atoms with Crippen molar-refractivity contribution in [1.82, 2.24) is 10.7 Å². The average molecular weight is 323 g/mol. The van der Waals surface area contributed by atoms with E-state index in [2.05, 4.69) is 15.8 Å². The maximum atomic E-state index is 5.62. The molecule has 122 valence electrons. The lowest BCUT2D eigenvalue weighted by molar-refractivity contribution is 0.287. The van der Waals surface area contributed by atoms with Gasteiger partial charge in [0.05, 0.1) is 18.9 Å². The van der Waals surface area contributed by atoms with Gasteiger partial charge in [0, 0.05) is 11.6 Å². The highest BCUT2D eigenvalue weighted by Crippen LogP contribution is 2.28. The van der Waals surface area contributed by atoms with Crippen molar-refractivity contribution < 1.29 is 9.47 Å². The minimum atomic E-state index is 0.269. The highest BCUT2D eigenvalue weighted by Gasteiger charge is 2.08. The van der Waals surface area contributed by atoms with E-state index in [4.69, 9.17) is 21.7 Å². The van der Waals surface area contributed by atoms with Crippen molar-refractivity contribution in [2.24, 2.45) is 5.10 Å². The second kappa shape index (κ2) is 9.25. The van der Waals surface area contributed by atoms with Crippen LogP contribution in [-0.2, 0) is 0 Å². The number of rotatable bonds is 7. The summed E-state index contributed by atoms with van der Waals surface area (Å²) >= 11 is 5.15.